The zero-order valence-corrected chi connectivity index (χ0v) is 12.8. The third kappa shape index (κ3) is 2.56. The van der Waals surface area contributed by atoms with E-state index in [-0.39, 0.29) is 0 Å². The largest absolute Gasteiger partial charge is 0.307 e. The van der Waals surface area contributed by atoms with Crippen molar-refractivity contribution in [2.75, 3.05) is 26.4 Å². The van der Waals surface area contributed by atoms with Gasteiger partial charge in [-0.25, -0.2) is 0 Å². The van der Waals surface area contributed by atoms with E-state index in [2.05, 4.69) is 60.3 Å². The first-order valence-corrected chi connectivity index (χ1v) is 8.43. The first kappa shape index (κ1) is 13.5. The van der Waals surface area contributed by atoms with Gasteiger partial charge in [-0.2, -0.15) is 11.8 Å². The fourth-order valence-corrected chi connectivity index (χ4v) is 4.36. The van der Waals surface area contributed by atoms with Crippen LogP contribution < -0.4 is 5.32 Å². The number of hydrogen-bond donors (Lipinski definition) is 1. The van der Waals surface area contributed by atoms with Crippen LogP contribution in [-0.2, 0) is 5.75 Å². The molecule has 2 aliphatic rings. The Labute approximate surface area is 121 Å². The minimum Gasteiger partial charge on any atom is -0.307 e. The minimum absolute atomic E-state index is 0.414. The molecule has 3 heteroatoms. The number of hydrogen-bond acceptors (Lipinski definition) is 3. The first-order valence-electron chi connectivity index (χ1n) is 7.28. The summed E-state index contributed by atoms with van der Waals surface area (Å²) in [6.07, 6.45) is 4.07. The Bertz CT molecular complexity index is 440. The second-order valence-corrected chi connectivity index (χ2v) is 7.15. The molecular weight excluding hydrogens is 252 g/mol. The number of rotatable bonds is 4. The van der Waals surface area contributed by atoms with Gasteiger partial charge in [-0.15, -0.1) is 0 Å². The number of nitrogens with one attached hydrogen (secondary N) is 1. The molecule has 1 unspecified atom stereocenters. The number of fused-ring (bicyclic) bond motifs is 1. The van der Waals surface area contributed by atoms with Gasteiger partial charge in [0.2, 0.25) is 0 Å². The van der Waals surface area contributed by atoms with Gasteiger partial charge < -0.3 is 10.2 Å². The lowest BCUT2D eigenvalue weighted by Crippen LogP contribution is -2.57. The van der Waals surface area contributed by atoms with Gasteiger partial charge in [-0.3, -0.25) is 0 Å². The van der Waals surface area contributed by atoms with Gasteiger partial charge in [0, 0.05) is 29.6 Å². The van der Waals surface area contributed by atoms with Gasteiger partial charge in [0.15, 0.2) is 0 Å². The summed E-state index contributed by atoms with van der Waals surface area (Å²) in [5.41, 5.74) is 3.45. The summed E-state index contributed by atoms with van der Waals surface area (Å²) >= 11 is 2.05. The van der Waals surface area contributed by atoms with Crippen molar-refractivity contribution in [2.45, 2.75) is 36.6 Å². The van der Waals surface area contributed by atoms with Crippen molar-refractivity contribution >= 4 is 11.8 Å². The van der Waals surface area contributed by atoms with Gasteiger partial charge in [-0.1, -0.05) is 24.3 Å². The third-order valence-corrected chi connectivity index (χ3v) is 5.97. The average molecular weight is 276 g/mol. The molecule has 1 aliphatic carbocycles. The third-order valence-electron chi connectivity index (χ3n) is 4.88. The van der Waals surface area contributed by atoms with Gasteiger partial charge in [-0.05, 0) is 44.5 Å². The van der Waals surface area contributed by atoms with Crippen molar-refractivity contribution in [3.05, 3.63) is 35.4 Å². The van der Waals surface area contributed by atoms with E-state index in [0.717, 1.165) is 6.54 Å². The van der Waals surface area contributed by atoms with Crippen LogP contribution in [0.1, 0.15) is 36.4 Å². The maximum absolute atomic E-state index is 3.84. The Morgan fingerprint density at radius 1 is 1.32 bits per heavy atom. The molecule has 1 heterocycles. The normalized spacial score (nSPS) is 24.9. The SMILES string of the molecule is CN(C)C1(CNC2CSCc3ccccc32)CCC1. The van der Waals surface area contributed by atoms with Crippen molar-refractivity contribution in [3.8, 4) is 0 Å². The minimum atomic E-state index is 0.414. The molecule has 19 heavy (non-hydrogen) atoms. The van der Waals surface area contributed by atoms with Gasteiger partial charge in [0.25, 0.3) is 0 Å². The highest BCUT2D eigenvalue weighted by Crippen LogP contribution is 2.37. The highest BCUT2D eigenvalue weighted by atomic mass is 32.2. The average Bonchev–Trinajstić information content (AvgIpc) is 2.37. The Morgan fingerprint density at radius 3 is 2.79 bits per heavy atom. The lowest BCUT2D eigenvalue weighted by atomic mass is 9.75. The quantitative estimate of drug-likeness (QED) is 0.910. The molecule has 0 bridgehead atoms. The standard InChI is InChI=1S/C16H24N2S/c1-18(2)16(8-5-9-16)12-17-15-11-19-10-13-6-3-4-7-14(13)15/h3-4,6-7,15,17H,5,8-12H2,1-2H3. The van der Waals surface area contributed by atoms with Crippen LogP contribution in [0.25, 0.3) is 0 Å². The van der Waals surface area contributed by atoms with Crippen molar-refractivity contribution in [3.63, 3.8) is 0 Å². The van der Waals surface area contributed by atoms with E-state index >= 15 is 0 Å². The Balaban J connectivity index is 1.68. The van der Waals surface area contributed by atoms with Crippen LogP contribution in [-0.4, -0.2) is 36.8 Å². The van der Waals surface area contributed by atoms with E-state index in [1.54, 1.807) is 0 Å². The first-order chi connectivity index (χ1) is 9.21. The Morgan fingerprint density at radius 2 is 2.11 bits per heavy atom. The molecule has 1 aromatic carbocycles. The molecule has 1 fully saturated rings. The predicted octanol–water partition coefficient (Wildman–Crippen LogP) is 3.05. The fourth-order valence-electron chi connectivity index (χ4n) is 3.23. The van der Waals surface area contributed by atoms with Crippen LogP contribution >= 0.6 is 11.8 Å². The molecule has 0 radical (unpaired) electrons. The van der Waals surface area contributed by atoms with Crippen molar-refractivity contribution < 1.29 is 0 Å². The van der Waals surface area contributed by atoms with Crippen LogP contribution in [0.5, 0.6) is 0 Å². The molecule has 1 aromatic rings. The van der Waals surface area contributed by atoms with Crippen molar-refractivity contribution in [2.24, 2.45) is 0 Å². The summed E-state index contributed by atoms with van der Waals surface area (Å²) in [4.78, 5) is 2.42. The Hall–Kier alpha value is -0.510. The van der Waals surface area contributed by atoms with Crippen LogP contribution in [0.2, 0.25) is 0 Å². The summed E-state index contributed by atoms with van der Waals surface area (Å²) in [5.74, 6) is 2.38. The van der Waals surface area contributed by atoms with Gasteiger partial charge in [0.05, 0.1) is 0 Å². The van der Waals surface area contributed by atoms with E-state index in [1.807, 2.05) is 0 Å². The van der Waals surface area contributed by atoms with E-state index in [1.165, 1.54) is 41.9 Å². The number of benzene rings is 1. The second-order valence-electron chi connectivity index (χ2n) is 6.12. The van der Waals surface area contributed by atoms with E-state index in [0.29, 0.717) is 11.6 Å². The van der Waals surface area contributed by atoms with E-state index in [4.69, 9.17) is 0 Å². The van der Waals surface area contributed by atoms with Crippen LogP contribution in [0.3, 0.4) is 0 Å². The summed E-state index contributed by atoms with van der Waals surface area (Å²) in [6.45, 7) is 1.12. The fraction of sp³-hybridized carbons (Fsp3) is 0.625. The molecule has 0 spiro atoms. The zero-order valence-electron chi connectivity index (χ0n) is 12.0. The smallest absolute Gasteiger partial charge is 0.0415 e. The molecule has 1 N–H and O–H groups in total. The molecule has 0 amide bonds. The zero-order chi connectivity index (χ0) is 13.3. The molecule has 1 aliphatic heterocycles. The van der Waals surface area contributed by atoms with Gasteiger partial charge >= 0.3 is 0 Å². The van der Waals surface area contributed by atoms with Gasteiger partial charge in [0.1, 0.15) is 0 Å². The maximum Gasteiger partial charge on any atom is 0.0415 e. The predicted molar refractivity (Wildman–Crippen MR) is 83.6 cm³/mol. The second kappa shape index (κ2) is 5.47. The lowest BCUT2D eigenvalue weighted by Gasteiger charge is -2.48. The molecular formula is C16H24N2S. The molecule has 1 saturated carbocycles. The summed E-state index contributed by atoms with van der Waals surface area (Å²) in [5, 5.41) is 3.84. The topological polar surface area (TPSA) is 15.3 Å². The van der Waals surface area contributed by atoms with Crippen LogP contribution in [0.15, 0.2) is 24.3 Å². The van der Waals surface area contributed by atoms with Crippen LogP contribution in [0.4, 0.5) is 0 Å². The summed E-state index contributed by atoms with van der Waals surface area (Å²) in [7, 11) is 4.45. The van der Waals surface area contributed by atoms with Crippen molar-refractivity contribution in [1.29, 1.82) is 0 Å². The Kier molecular flexibility index (Phi) is 3.88. The molecule has 104 valence electrons. The molecule has 2 nitrogen and oxygen atoms in total. The molecule has 0 aromatic heterocycles. The highest BCUT2D eigenvalue weighted by molar-refractivity contribution is 7.98. The molecule has 0 saturated heterocycles. The van der Waals surface area contributed by atoms with Crippen molar-refractivity contribution in [1.82, 2.24) is 10.2 Å². The molecule has 3 rings (SSSR count). The van der Waals surface area contributed by atoms with E-state index in [9.17, 15) is 0 Å². The highest BCUT2D eigenvalue weighted by Gasteiger charge is 2.39. The van der Waals surface area contributed by atoms with Crippen LogP contribution in [0, 0.1) is 0 Å². The monoisotopic (exact) mass is 276 g/mol. The van der Waals surface area contributed by atoms with E-state index < -0.39 is 0 Å². The number of thioether (sulfide) groups is 1. The summed E-state index contributed by atoms with van der Waals surface area (Å²) in [6, 6.07) is 9.45. The number of likely N-dealkylation sites (N-methyl/N-ethyl adjacent to an activating group) is 1. The lowest BCUT2D eigenvalue weighted by molar-refractivity contribution is 0.0577. The number of nitrogens with zero attached hydrogens (tertiary/aromatic N) is 1. The molecule has 1 atom stereocenters. The summed E-state index contributed by atoms with van der Waals surface area (Å²) < 4.78 is 0. The maximum atomic E-state index is 3.84.